The first-order valence-corrected chi connectivity index (χ1v) is 3.12. The number of nitrogens with one attached hydrogen (secondary N) is 1. The Morgan fingerprint density at radius 3 is 2.43 bits per heavy atom. The standard InChI is InChI=1S/C6H11N.H2/c1-4-5-2-6(3-5)7-4;/h4-7H,2-3H2,1H3;1H. The van der Waals surface area contributed by atoms with Gasteiger partial charge in [0.25, 0.3) is 0 Å². The van der Waals surface area contributed by atoms with Crippen LogP contribution >= 0.6 is 0 Å². The average molecular weight is 99.2 g/mol. The summed E-state index contributed by atoms with van der Waals surface area (Å²) in [4.78, 5) is 0. The van der Waals surface area contributed by atoms with E-state index in [-0.39, 0.29) is 1.43 Å². The van der Waals surface area contributed by atoms with Gasteiger partial charge in [0.15, 0.2) is 0 Å². The van der Waals surface area contributed by atoms with Gasteiger partial charge in [0.1, 0.15) is 0 Å². The molecule has 1 nitrogen and oxygen atoms in total. The molecule has 1 aliphatic carbocycles. The van der Waals surface area contributed by atoms with Crippen molar-refractivity contribution in [2.75, 3.05) is 0 Å². The van der Waals surface area contributed by atoms with Crippen LogP contribution in [0.3, 0.4) is 0 Å². The van der Waals surface area contributed by atoms with Crippen LogP contribution in [0.25, 0.3) is 0 Å². The van der Waals surface area contributed by atoms with Crippen LogP contribution in [0.15, 0.2) is 0 Å². The van der Waals surface area contributed by atoms with E-state index in [1.165, 1.54) is 12.8 Å². The van der Waals surface area contributed by atoms with E-state index in [0.29, 0.717) is 0 Å². The molecule has 2 heterocycles. The summed E-state index contributed by atoms with van der Waals surface area (Å²) in [5.74, 6) is 1.05. The second-order valence-corrected chi connectivity index (χ2v) is 2.88. The quantitative estimate of drug-likeness (QED) is 0.478. The van der Waals surface area contributed by atoms with Gasteiger partial charge in [-0.2, -0.15) is 0 Å². The maximum Gasteiger partial charge on any atom is 0.00761 e. The molecule has 2 bridgehead atoms. The van der Waals surface area contributed by atoms with Gasteiger partial charge < -0.3 is 5.32 Å². The minimum Gasteiger partial charge on any atom is -0.311 e. The van der Waals surface area contributed by atoms with Gasteiger partial charge in [-0.25, -0.2) is 0 Å². The van der Waals surface area contributed by atoms with Gasteiger partial charge in [-0.05, 0) is 25.7 Å². The van der Waals surface area contributed by atoms with Gasteiger partial charge in [0, 0.05) is 13.5 Å². The van der Waals surface area contributed by atoms with E-state index in [4.69, 9.17) is 0 Å². The molecule has 0 radical (unpaired) electrons. The molecule has 7 heavy (non-hydrogen) atoms. The summed E-state index contributed by atoms with van der Waals surface area (Å²) in [6.45, 7) is 2.29. The fraction of sp³-hybridized carbons (Fsp3) is 1.00. The topological polar surface area (TPSA) is 12.0 Å². The van der Waals surface area contributed by atoms with Crippen molar-refractivity contribution in [3.63, 3.8) is 0 Å². The van der Waals surface area contributed by atoms with Gasteiger partial charge in [-0.3, -0.25) is 0 Å². The highest BCUT2D eigenvalue weighted by molar-refractivity contribution is 4.99. The van der Waals surface area contributed by atoms with E-state index in [2.05, 4.69) is 12.2 Å². The molecule has 2 aliphatic heterocycles. The fourth-order valence-electron chi connectivity index (χ4n) is 1.71. The third-order valence-electron chi connectivity index (χ3n) is 2.38. The van der Waals surface area contributed by atoms with E-state index in [0.717, 1.165) is 18.0 Å². The molecule has 0 aromatic carbocycles. The first-order valence-electron chi connectivity index (χ1n) is 3.12. The third-order valence-corrected chi connectivity index (χ3v) is 2.38. The molecule has 2 saturated heterocycles. The van der Waals surface area contributed by atoms with Crippen LogP contribution in [0.1, 0.15) is 21.2 Å². The molecule has 0 spiro atoms. The summed E-state index contributed by atoms with van der Waals surface area (Å²) in [7, 11) is 0. The highest BCUT2D eigenvalue weighted by Crippen LogP contribution is 2.37. The zero-order valence-electron chi connectivity index (χ0n) is 4.65. The second kappa shape index (κ2) is 1.03. The first kappa shape index (κ1) is 3.90. The SMILES string of the molecule is CC1NC2CC1C2.[HH]. The van der Waals surface area contributed by atoms with Crippen LogP contribution in [0.2, 0.25) is 0 Å². The van der Waals surface area contributed by atoms with Crippen molar-refractivity contribution in [3.05, 3.63) is 0 Å². The summed E-state index contributed by atoms with van der Waals surface area (Å²) in [6, 6.07) is 1.75. The predicted molar refractivity (Wildman–Crippen MR) is 31.2 cm³/mol. The molecule has 1 N–H and O–H groups in total. The van der Waals surface area contributed by atoms with Gasteiger partial charge in [-0.1, -0.05) is 0 Å². The Kier molecular flexibility index (Phi) is 0.571. The van der Waals surface area contributed by atoms with Crippen molar-refractivity contribution >= 4 is 0 Å². The number of hydrogen-bond acceptors (Lipinski definition) is 1. The van der Waals surface area contributed by atoms with Crippen LogP contribution in [-0.2, 0) is 0 Å². The molecular weight excluding hydrogens is 86.1 g/mol. The lowest BCUT2D eigenvalue weighted by molar-refractivity contribution is 0.356. The predicted octanol–water partition coefficient (Wildman–Crippen LogP) is 1.00. The summed E-state index contributed by atoms with van der Waals surface area (Å²) in [5.41, 5.74) is 0. The summed E-state index contributed by atoms with van der Waals surface area (Å²) >= 11 is 0. The molecule has 1 heteroatoms. The monoisotopic (exact) mass is 99.1 g/mol. The molecule has 0 aromatic rings. The lowest BCUT2D eigenvalue weighted by Crippen LogP contribution is -2.23. The normalized spacial score (nSPS) is 57.0. The fourth-order valence-corrected chi connectivity index (χ4v) is 1.71. The summed E-state index contributed by atoms with van der Waals surface area (Å²) in [5, 5.41) is 3.49. The van der Waals surface area contributed by atoms with Gasteiger partial charge in [-0.15, -0.1) is 0 Å². The van der Waals surface area contributed by atoms with Gasteiger partial charge in [0.05, 0.1) is 0 Å². The van der Waals surface area contributed by atoms with Crippen LogP contribution in [0.5, 0.6) is 0 Å². The molecule has 3 aliphatic rings. The van der Waals surface area contributed by atoms with Crippen molar-refractivity contribution in [2.24, 2.45) is 5.92 Å². The van der Waals surface area contributed by atoms with Crippen LogP contribution < -0.4 is 5.32 Å². The van der Waals surface area contributed by atoms with Crippen LogP contribution in [0.4, 0.5) is 0 Å². The van der Waals surface area contributed by atoms with E-state index in [1.54, 1.807) is 0 Å². The molecule has 1 saturated carbocycles. The number of hydrogen-bond donors (Lipinski definition) is 1. The Bertz CT molecular complexity index is 88.5. The van der Waals surface area contributed by atoms with Crippen molar-refractivity contribution < 1.29 is 1.43 Å². The Morgan fingerprint density at radius 1 is 1.57 bits per heavy atom. The minimum atomic E-state index is 0. The molecule has 0 amide bonds. The van der Waals surface area contributed by atoms with Crippen molar-refractivity contribution in [1.82, 2.24) is 5.32 Å². The number of rotatable bonds is 0. The van der Waals surface area contributed by atoms with E-state index in [9.17, 15) is 0 Å². The molecule has 3 rings (SSSR count). The average Bonchev–Trinajstić information content (AvgIpc) is 1.85. The zero-order chi connectivity index (χ0) is 4.85. The molecule has 3 fully saturated rings. The molecule has 0 aromatic heterocycles. The van der Waals surface area contributed by atoms with Crippen molar-refractivity contribution in [3.8, 4) is 0 Å². The summed E-state index contributed by atoms with van der Waals surface area (Å²) < 4.78 is 0. The maximum atomic E-state index is 3.49. The Hall–Kier alpha value is -0.0400. The minimum absolute atomic E-state index is 0. The van der Waals surface area contributed by atoms with E-state index in [1.807, 2.05) is 0 Å². The first-order chi connectivity index (χ1) is 3.36. The smallest absolute Gasteiger partial charge is 0.00761 e. The van der Waals surface area contributed by atoms with Crippen LogP contribution in [0, 0.1) is 5.92 Å². The van der Waals surface area contributed by atoms with Gasteiger partial charge >= 0.3 is 0 Å². The maximum absolute atomic E-state index is 3.49. The molecule has 1 unspecified atom stereocenters. The Morgan fingerprint density at radius 2 is 2.29 bits per heavy atom. The highest BCUT2D eigenvalue weighted by atomic mass is 15.0. The van der Waals surface area contributed by atoms with Crippen LogP contribution in [-0.4, -0.2) is 12.1 Å². The Labute approximate surface area is 45.6 Å². The zero-order valence-corrected chi connectivity index (χ0v) is 4.65. The highest BCUT2D eigenvalue weighted by Gasteiger charge is 2.40. The van der Waals surface area contributed by atoms with Crippen molar-refractivity contribution in [1.29, 1.82) is 0 Å². The lowest BCUT2D eigenvalue weighted by atomic mass is 9.83. The number of fused-ring (bicyclic) bond motifs is 1. The van der Waals surface area contributed by atoms with E-state index >= 15 is 0 Å². The van der Waals surface area contributed by atoms with Gasteiger partial charge in [0.2, 0.25) is 0 Å². The molecule has 42 valence electrons. The van der Waals surface area contributed by atoms with E-state index < -0.39 is 0 Å². The molecular formula is C6H13N. The second-order valence-electron chi connectivity index (χ2n) is 2.88. The Balaban J connectivity index is 0.000000320. The molecule has 1 atom stereocenters. The van der Waals surface area contributed by atoms with Crippen molar-refractivity contribution in [2.45, 2.75) is 31.8 Å². The largest absolute Gasteiger partial charge is 0.311 e. The third kappa shape index (κ3) is 0.367. The lowest BCUT2D eigenvalue weighted by Gasteiger charge is -2.20. The summed E-state index contributed by atoms with van der Waals surface area (Å²) in [6.07, 6.45) is 2.92.